The van der Waals surface area contributed by atoms with Crippen molar-refractivity contribution < 1.29 is 29.6 Å². The van der Waals surface area contributed by atoms with Crippen LogP contribution in [0, 0.1) is 23.7 Å². The van der Waals surface area contributed by atoms with Crippen LogP contribution in [0.5, 0.6) is 0 Å². The van der Waals surface area contributed by atoms with E-state index < -0.39 is 12.1 Å². The van der Waals surface area contributed by atoms with Crippen LogP contribution in [-0.2, 0) is 14.3 Å². The van der Waals surface area contributed by atoms with E-state index in [2.05, 4.69) is 0 Å². The topological polar surface area (TPSA) is 96.2 Å². The maximum absolute atomic E-state index is 10.5. The fraction of sp³-hybridized carbons (Fsp3) is 0.864. The van der Waals surface area contributed by atoms with Crippen LogP contribution in [0.3, 0.4) is 0 Å². The minimum atomic E-state index is -0.928. The van der Waals surface area contributed by atoms with Gasteiger partial charge in [-0.2, -0.15) is 0 Å². The van der Waals surface area contributed by atoms with Gasteiger partial charge < -0.3 is 24.8 Å². The third-order valence-corrected chi connectivity index (χ3v) is 6.84. The summed E-state index contributed by atoms with van der Waals surface area (Å²) in [6.45, 7) is 0.586. The minimum Gasteiger partial charge on any atom is -0.480 e. The van der Waals surface area contributed by atoms with Crippen molar-refractivity contribution in [2.75, 3.05) is 19.8 Å². The van der Waals surface area contributed by atoms with Crippen molar-refractivity contribution in [2.45, 2.75) is 76.1 Å². The van der Waals surface area contributed by atoms with E-state index in [4.69, 9.17) is 14.6 Å². The fourth-order valence-corrected chi connectivity index (χ4v) is 5.47. The number of ether oxygens (including phenoxy) is 2. The van der Waals surface area contributed by atoms with E-state index in [-0.39, 0.29) is 24.7 Å². The summed E-state index contributed by atoms with van der Waals surface area (Å²) in [5.74, 6) is 0.667. The maximum Gasteiger partial charge on any atom is 0.329 e. The molecule has 0 amide bonds. The molecule has 3 aliphatic rings. The molecule has 0 aliphatic heterocycles. The Morgan fingerprint density at radius 1 is 1.14 bits per heavy atom. The summed E-state index contributed by atoms with van der Waals surface area (Å²) in [6, 6.07) is 0. The van der Waals surface area contributed by atoms with Crippen LogP contribution >= 0.6 is 0 Å². The molecule has 160 valence electrons. The van der Waals surface area contributed by atoms with E-state index in [0.29, 0.717) is 31.0 Å². The molecule has 0 radical (unpaired) electrons. The zero-order valence-electron chi connectivity index (χ0n) is 16.7. The molecule has 0 bridgehead atoms. The normalized spacial score (nSPS) is 34.7. The van der Waals surface area contributed by atoms with E-state index >= 15 is 0 Å². The largest absolute Gasteiger partial charge is 0.480 e. The lowest BCUT2D eigenvalue weighted by molar-refractivity contribution is -0.142. The lowest BCUT2D eigenvalue weighted by atomic mass is 9.89. The average molecular weight is 397 g/mol. The van der Waals surface area contributed by atoms with E-state index in [0.717, 1.165) is 38.5 Å². The molecule has 0 spiro atoms. The van der Waals surface area contributed by atoms with Gasteiger partial charge in [0.1, 0.15) is 6.61 Å². The van der Waals surface area contributed by atoms with Crippen molar-refractivity contribution in [3.63, 3.8) is 0 Å². The van der Waals surface area contributed by atoms with Gasteiger partial charge >= 0.3 is 5.97 Å². The van der Waals surface area contributed by atoms with Crippen LogP contribution in [0.2, 0.25) is 0 Å². The van der Waals surface area contributed by atoms with E-state index in [9.17, 15) is 15.0 Å². The smallest absolute Gasteiger partial charge is 0.329 e. The molecular formula is C22H36O6. The van der Waals surface area contributed by atoms with Crippen molar-refractivity contribution in [2.24, 2.45) is 23.7 Å². The molecule has 2 unspecified atom stereocenters. The molecule has 0 saturated heterocycles. The summed E-state index contributed by atoms with van der Waals surface area (Å²) >= 11 is 0. The Hall–Kier alpha value is -0.950. The number of fused-ring (bicyclic) bond motifs is 1. The molecule has 3 saturated carbocycles. The molecule has 3 aliphatic carbocycles. The van der Waals surface area contributed by atoms with Gasteiger partial charge in [0.25, 0.3) is 0 Å². The Labute approximate surface area is 167 Å². The molecule has 6 nitrogen and oxygen atoms in total. The van der Waals surface area contributed by atoms with Crippen molar-refractivity contribution in [1.29, 1.82) is 0 Å². The Kier molecular flexibility index (Phi) is 8.33. The van der Waals surface area contributed by atoms with Gasteiger partial charge in [0.05, 0.1) is 24.9 Å². The Morgan fingerprint density at radius 2 is 1.93 bits per heavy atom. The lowest BCUT2D eigenvalue weighted by Gasteiger charge is -2.23. The molecule has 0 aromatic heterocycles. The zero-order chi connectivity index (χ0) is 19.9. The third-order valence-electron chi connectivity index (χ3n) is 6.84. The molecule has 6 heteroatoms. The van der Waals surface area contributed by atoms with Crippen molar-refractivity contribution >= 4 is 5.97 Å². The van der Waals surface area contributed by atoms with Gasteiger partial charge in [0.15, 0.2) is 0 Å². The van der Waals surface area contributed by atoms with Gasteiger partial charge in [-0.15, -0.1) is 0 Å². The Bertz CT molecular complexity index is 515. The Balaban J connectivity index is 1.40. The number of carbonyl (C=O) groups is 1. The molecule has 0 heterocycles. The average Bonchev–Trinajstić information content (AvgIpc) is 3.19. The lowest BCUT2D eigenvalue weighted by Crippen LogP contribution is -2.23. The number of hydrogen-bond donors (Lipinski definition) is 3. The molecule has 0 aromatic carbocycles. The number of aliphatic hydroxyl groups excluding tert-OH is 2. The first-order valence-corrected chi connectivity index (χ1v) is 11.0. The standard InChI is InChI=1S/C22H36O6/c23-17(13-28-18-4-2-1-3-5-18)6-7-19-20-11-15(8-9-27-14-22(25)26)10-16(20)12-21(19)24/h6-7,15-21,23-24H,1-5,8-14H2,(H,25,26)/t15?,16-,17?,19+,20+,21+/m0/s1. The number of aliphatic hydroxyl groups is 2. The first-order valence-electron chi connectivity index (χ1n) is 11.0. The highest BCUT2D eigenvalue weighted by molar-refractivity contribution is 5.67. The van der Waals surface area contributed by atoms with E-state index in [1.165, 1.54) is 19.3 Å². The summed E-state index contributed by atoms with van der Waals surface area (Å²) in [4.78, 5) is 10.5. The summed E-state index contributed by atoms with van der Waals surface area (Å²) in [5.41, 5.74) is 0. The molecule has 3 N–H and O–H groups in total. The fourth-order valence-electron chi connectivity index (χ4n) is 5.47. The van der Waals surface area contributed by atoms with Crippen molar-refractivity contribution in [3.05, 3.63) is 12.2 Å². The van der Waals surface area contributed by atoms with Crippen LogP contribution in [0.1, 0.15) is 57.8 Å². The summed E-state index contributed by atoms with van der Waals surface area (Å²) in [6.07, 6.45) is 12.9. The third kappa shape index (κ3) is 6.28. The number of carboxylic acids is 1. The van der Waals surface area contributed by atoms with Crippen LogP contribution in [0.4, 0.5) is 0 Å². The van der Waals surface area contributed by atoms with Gasteiger partial charge in [0, 0.05) is 12.5 Å². The summed E-state index contributed by atoms with van der Waals surface area (Å²) in [5, 5.41) is 29.3. The van der Waals surface area contributed by atoms with E-state index in [1.54, 1.807) is 0 Å². The number of hydrogen-bond acceptors (Lipinski definition) is 5. The second-order valence-electron chi connectivity index (χ2n) is 8.92. The van der Waals surface area contributed by atoms with Gasteiger partial charge in [-0.1, -0.05) is 31.4 Å². The molecular weight excluding hydrogens is 360 g/mol. The number of rotatable bonds is 10. The molecule has 6 atom stereocenters. The molecule has 3 fully saturated rings. The van der Waals surface area contributed by atoms with Crippen LogP contribution in [-0.4, -0.2) is 59.4 Å². The van der Waals surface area contributed by atoms with Gasteiger partial charge in [-0.3, -0.25) is 0 Å². The monoisotopic (exact) mass is 396 g/mol. The highest BCUT2D eigenvalue weighted by Crippen LogP contribution is 2.51. The molecule has 28 heavy (non-hydrogen) atoms. The first-order chi connectivity index (χ1) is 13.5. The second-order valence-corrected chi connectivity index (χ2v) is 8.92. The molecule has 3 rings (SSSR count). The van der Waals surface area contributed by atoms with Crippen LogP contribution in [0.25, 0.3) is 0 Å². The number of carboxylic acid groups (broad SMARTS) is 1. The zero-order valence-corrected chi connectivity index (χ0v) is 16.7. The van der Waals surface area contributed by atoms with Gasteiger partial charge in [-0.25, -0.2) is 4.79 Å². The SMILES string of the molecule is O=C(O)COCCC1C[C@H]2C[C@@H](O)[C@H](C=CC(O)COC3CCCCC3)[C@@H]2C1. The predicted molar refractivity (Wildman–Crippen MR) is 105 cm³/mol. The van der Waals surface area contributed by atoms with Crippen LogP contribution < -0.4 is 0 Å². The van der Waals surface area contributed by atoms with Crippen LogP contribution in [0.15, 0.2) is 12.2 Å². The highest BCUT2D eigenvalue weighted by Gasteiger charge is 2.46. The van der Waals surface area contributed by atoms with E-state index in [1.807, 2.05) is 12.2 Å². The maximum atomic E-state index is 10.5. The van der Waals surface area contributed by atoms with Gasteiger partial charge in [-0.05, 0) is 56.3 Å². The predicted octanol–water partition coefficient (Wildman–Crippen LogP) is 2.77. The Morgan fingerprint density at radius 3 is 2.68 bits per heavy atom. The second kappa shape index (κ2) is 10.7. The quantitative estimate of drug-likeness (QED) is 0.388. The highest BCUT2D eigenvalue weighted by atomic mass is 16.5. The number of aliphatic carboxylic acids is 1. The molecule has 0 aromatic rings. The minimum absolute atomic E-state index is 0.0965. The first kappa shape index (κ1) is 21.8. The van der Waals surface area contributed by atoms with Crippen molar-refractivity contribution in [1.82, 2.24) is 0 Å². The van der Waals surface area contributed by atoms with Gasteiger partial charge in [0.2, 0.25) is 0 Å². The summed E-state index contributed by atoms with van der Waals surface area (Å²) < 4.78 is 11.0. The summed E-state index contributed by atoms with van der Waals surface area (Å²) in [7, 11) is 0. The van der Waals surface area contributed by atoms with Crippen molar-refractivity contribution in [3.8, 4) is 0 Å².